The van der Waals surface area contributed by atoms with Gasteiger partial charge in [-0.25, -0.2) is 9.78 Å². The van der Waals surface area contributed by atoms with Crippen LogP contribution in [0.1, 0.15) is 31.9 Å². The molecule has 0 spiro atoms. The minimum absolute atomic E-state index is 0.00826. The Kier molecular flexibility index (Phi) is 5.19. The average molecular weight is 294 g/mol. The van der Waals surface area contributed by atoms with Gasteiger partial charge in [-0.3, -0.25) is 9.78 Å². The highest BCUT2D eigenvalue weighted by atomic mass is 16.5. The summed E-state index contributed by atoms with van der Waals surface area (Å²) in [4.78, 5) is 32.2. The van der Waals surface area contributed by atoms with Crippen LogP contribution in [-0.2, 0) is 4.74 Å². The zero-order valence-electron chi connectivity index (χ0n) is 12.5. The first kappa shape index (κ1) is 15.3. The zero-order valence-corrected chi connectivity index (χ0v) is 12.5. The van der Waals surface area contributed by atoms with E-state index in [4.69, 9.17) is 4.74 Å². The molecule has 21 heavy (non-hydrogen) atoms. The van der Waals surface area contributed by atoms with Gasteiger partial charge in [-0.1, -0.05) is 6.92 Å². The smallest absolute Gasteiger partial charge is 0.407 e. The number of piperidine rings is 1. The van der Waals surface area contributed by atoms with Gasteiger partial charge in [0.1, 0.15) is 0 Å². The summed E-state index contributed by atoms with van der Waals surface area (Å²) in [5.74, 6) is 0.563. The Hall–Kier alpha value is -2.05. The molecule has 7 heteroatoms. The molecular formula is C14H22N4O3. The van der Waals surface area contributed by atoms with Crippen LogP contribution in [0.3, 0.4) is 0 Å². The molecule has 1 aliphatic rings. The van der Waals surface area contributed by atoms with Crippen LogP contribution in [-0.4, -0.2) is 41.8 Å². The van der Waals surface area contributed by atoms with E-state index in [0.29, 0.717) is 24.8 Å². The first-order valence-corrected chi connectivity index (χ1v) is 7.34. The number of nitrogens with one attached hydrogen (secondary N) is 2. The van der Waals surface area contributed by atoms with Crippen molar-refractivity contribution in [2.24, 2.45) is 0 Å². The summed E-state index contributed by atoms with van der Waals surface area (Å²) >= 11 is 0. The van der Waals surface area contributed by atoms with Gasteiger partial charge in [0.15, 0.2) is 0 Å². The summed E-state index contributed by atoms with van der Waals surface area (Å²) in [6, 6.07) is 1.47. The number of carbonyl (C=O) groups is 1. The number of H-pyrrole nitrogens is 1. The lowest BCUT2D eigenvalue weighted by molar-refractivity contribution is 0.141. The van der Waals surface area contributed by atoms with Gasteiger partial charge < -0.3 is 15.0 Å². The Morgan fingerprint density at radius 3 is 3.14 bits per heavy atom. The molecular weight excluding hydrogens is 272 g/mol. The number of aromatic nitrogens is 2. The summed E-state index contributed by atoms with van der Waals surface area (Å²) in [6.45, 7) is 5.60. The number of nitrogens with zero attached hydrogens (tertiary/aromatic N) is 2. The van der Waals surface area contributed by atoms with Gasteiger partial charge >= 0.3 is 6.09 Å². The molecule has 2 rings (SSSR count). The standard InChI is InChI=1S/C14H22N4O3/c1-3-7-21-14(20)16-11-5-4-6-18(9-11)13-15-10(2)8-12(19)17-13/h8,11H,3-7,9H2,1-2H3,(H,16,20)(H,15,17,19). The molecule has 0 aromatic carbocycles. The zero-order chi connectivity index (χ0) is 15.2. The number of alkyl carbamates (subject to hydrolysis) is 1. The molecule has 1 aromatic rings. The molecule has 0 aliphatic carbocycles. The van der Waals surface area contributed by atoms with Crippen LogP contribution in [0.4, 0.5) is 10.7 Å². The van der Waals surface area contributed by atoms with E-state index >= 15 is 0 Å². The highest BCUT2D eigenvalue weighted by molar-refractivity contribution is 5.67. The van der Waals surface area contributed by atoms with Gasteiger partial charge in [-0.2, -0.15) is 0 Å². The predicted octanol–water partition coefficient (Wildman–Crippen LogP) is 1.18. The van der Waals surface area contributed by atoms with E-state index in [0.717, 1.165) is 25.8 Å². The van der Waals surface area contributed by atoms with Crippen LogP contribution >= 0.6 is 0 Å². The summed E-state index contributed by atoms with van der Waals surface area (Å²) in [6.07, 6.45) is 2.25. The molecule has 116 valence electrons. The molecule has 1 unspecified atom stereocenters. The molecule has 0 saturated carbocycles. The van der Waals surface area contributed by atoms with Gasteiger partial charge in [0.25, 0.3) is 5.56 Å². The number of aryl methyl sites for hydroxylation is 1. The molecule has 1 aromatic heterocycles. The molecule has 0 radical (unpaired) electrons. The van der Waals surface area contributed by atoms with E-state index < -0.39 is 0 Å². The quantitative estimate of drug-likeness (QED) is 0.871. The Bertz CT molecular complexity index is 543. The lowest BCUT2D eigenvalue weighted by Gasteiger charge is -2.33. The maximum absolute atomic E-state index is 11.6. The van der Waals surface area contributed by atoms with Gasteiger partial charge in [-0.05, 0) is 26.2 Å². The van der Waals surface area contributed by atoms with Crippen molar-refractivity contribution in [1.82, 2.24) is 15.3 Å². The molecule has 1 saturated heterocycles. The Labute approximate surface area is 123 Å². The van der Waals surface area contributed by atoms with Crippen molar-refractivity contribution in [3.63, 3.8) is 0 Å². The second-order valence-corrected chi connectivity index (χ2v) is 5.28. The minimum atomic E-state index is -0.380. The number of ether oxygens (including phenoxy) is 1. The number of aromatic amines is 1. The molecule has 2 heterocycles. The van der Waals surface area contributed by atoms with E-state index in [2.05, 4.69) is 15.3 Å². The fourth-order valence-electron chi connectivity index (χ4n) is 2.40. The molecule has 0 bridgehead atoms. The fraction of sp³-hybridized carbons (Fsp3) is 0.643. The third-order valence-corrected chi connectivity index (χ3v) is 3.34. The summed E-state index contributed by atoms with van der Waals surface area (Å²) in [5.41, 5.74) is 0.529. The van der Waals surface area contributed by atoms with E-state index in [9.17, 15) is 9.59 Å². The highest BCUT2D eigenvalue weighted by Gasteiger charge is 2.23. The van der Waals surface area contributed by atoms with E-state index in [1.54, 1.807) is 6.92 Å². The fourth-order valence-corrected chi connectivity index (χ4v) is 2.40. The van der Waals surface area contributed by atoms with Crippen molar-refractivity contribution < 1.29 is 9.53 Å². The van der Waals surface area contributed by atoms with Crippen LogP contribution < -0.4 is 15.8 Å². The first-order chi connectivity index (χ1) is 10.1. The van der Waals surface area contributed by atoms with Crippen LogP contribution in [0.5, 0.6) is 0 Å². The minimum Gasteiger partial charge on any atom is -0.450 e. The number of amides is 1. The van der Waals surface area contributed by atoms with E-state index in [-0.39, 0.29) is 17.7 Å². The third-order valence-electron chi connectivity index (χ3n) is 3.34. The number of carbonyl (C=O) groups excluding carboxylic acids is 1. The number of anilines is 1. The lowest BCUT2D eigenvalue weighted by atomic mass is 10.1. The second-order valence-electron chi connectivity index (χ2n) is 5.28. The maximum Gasteiger partial charge on any atom is 0.407 e. The SMILES string of the molecule is CCCOC(=O)NC1CCCN(c2nc(C)cc(=O)[nH]2)C1. The Morgan fingerprint density at radius 2 is 2.43 bits per heavy atom. The number of hydrogen-bond acceptors (Lipinski definition) is 5. The molecule has 1 atom stereocenters. The van der Waals surface area contributed by atoms with Crippen LogP contribution in [0, 0.1) is 6.92 Å². The van der Waals surface area contributed by atoms with Gasteiger partial charge in [0.05, 0.1) is 6.61 Å². The third kappa shape index (κ3) is 4.47. The van der Waals surface area contributed by atoms with Crippen LogP contribution in [0.15, 0.2) is 10.9 Å². The normalized spacial score (nSPS) is 18.4. The van der Waals surface area contributed by atoms with E-state index in [1.807, 2.05) is 11.8 Å². The summed E-state index contributed by atoms with van der Waals surface area (Å²) in [5, 5.41) is 2.86. The predicted molar refractivity (Wildman–Crippen MR) is 79.6 cm³/mol. The Balaban J connectivity index is 1.97. The van der Waals surface area contributed by atoms with Crippen LogP contribution in [0.25, 0.3) is 0 Å². The maximum atomic E-state index is 11.6. The van der Waals surface area contributed by atoms with Crippen molar-refractivity contribution >= 4 is 12.0 Å². The molecule has 1 fully saturated rings. The molecule has 2 N–H and O–H groups in total. The topological polar surface area (TPSA) is 87.3 Å². The molecule has 7 nitrogen and oxygen atoms in total. The average Bonchev–Trinajstić information content (AvgIpc) is 2.44. The second kappa shape index (κ2) is 7.10. The van der Waals surface area contributed by atoms with Crippen molar-refractivity contribution in [1.29, 1.82) is 0 Å². The Morgan fingerprint density at radius 1 is 1.62 bits per heavy atom. The number of rotatable bonds is 4. The van der Waals surface area contributed by atoms with Crippen molar-refractivity contribution in [3.05, 3.63) is 22.1 Å². The van der Waals surface area contributed by atoms with Crippen molar-refractivity contribution in [2.75, 3.05) is 24.6 Å². The summed E-state index contributed by atoms with van der Waals surface area (Å²) in [7, 11) is 0. The van der Waals surface area contributed by atoms with Gasteiger partial charge in [0.2, 0.25) is 5.95 Å². The van der Waals surface area contributed by atoms with Crippen molar-refractivity contribution in [2.45, 2.75) is 39.2 Å². The monoisotopic (exact) mass is 294 g/mol. The van der Waals surface area contributed by atoms with Crippen LogP contribution in [0.2, 0.25) is 0 Å². The number of hydrogen-bond donors (Lipinski definition) is 2. The van der Waals surface area contributed by atoms with Gasteiger partial charge in [-0.15, -0.1) is 0 Å². The highest BCUT2D eigenvalue weighted by Crippen LogP contribution is 2.15. The van der Waals surface area contributed by atoms with Gasteiger partial charge in [0, 0.05) is 30.9 Å². The largest absolute Gasteiger partial charge is 0.450 e. The van der Waals surface area contributed by atoms with E-state index in [1.165, 1.54) is 6.07 Å². The summed E-state index contributed by atoms with van der Waals surface area (Å²) < 4.78 is 5.03. The molecule has 1 amide bonds. The molecule has 1 aliphatic heterocycles. The lowest BCUT2D eigenvalue weighted by Crippen LogP contribution is -2.48. The van der Waals surface area contributed by atoms with Crippen molar-refractivity contribution in [3.8, 4) is 0 Å². The first-order valence-electron chi connectivity index (χ1n) is 7.34.